The number of ether oxygens (including phenoxy) is 1. The van der Waals surface area contributed by atoms with Crippen LogP contribution in [-0.2, 0) is 4.84 Å². The average Bonchev–Trinajstić information content (AvgIpc) is 3.39. The SMILES string of the molecule is COc1cccc2c(-c3ccccc3)c(C3=NOC(c4ccc(Cl)cc4)C3)[nH]c12. The van der Waals surface area contributed by atoms with E-state index in [0.29, 0.717) is 11.4 Å². The first-order chi connectivity index (χ1) is 14.2. The minimum atomic E-state index is -0.126. The molecule has 144 valence electrons. The highest BCUT2D eigenvalue weighted by molar-refractivity contribution is 6.30. The van der Waals surface area contributed by atoms with E-state index in [1.54, 1.807) is 7.11 Å². The number of nitrogens with zero attached hydrogens (tertiary/aromatic N) is 1. The largest absolute Gasteiger partial charge is 0.495 e. The van der Waals surface area contributed by atoms with E-state index in [9.17, 15) is 0 Å². The highest BCUT2D eigenvalue weighted by Crippen LogP contribution is 2.39. The van der Waals surface area contributed by atoms with Crippen LogP contribution in [0.15, 0.2) is 78.0 Å². The van der Waals surface area contributed by atoms with Crippen molar-refractivity contribution in [1.29, 1.82) is 0 Å². The quantitative estimate of drug-likeness (QED) is 0.431. The molecule has 1 aromatic heterocycles. The van der Waals surface area contributed by atoms with Gasteiger partial charge in [-0.1, -0.05) is 71.4 Å². The lowest BCUT2D eigenvalue weighted by Gasteiger charge is -2.08. The number of methoxy groups -OCH3 is 1. The Labute approximate surface area is 173 Å². The number of aromatic amines is 1. The number of hydrogen-bond donors (Lipinski definition) is 1. The van der Waals surface area contributed by atoms with Gasteiger partial charge in [0, 0.05) is 22.4 Å². The number of H-pyrrole nitrogens is 1. The van der Waals surface area contributed by atoms with Crippen LogP contribution < -0.4 is 4.74 Å². The lowest BCUT2D eigenvalue weighted by atomic mass is 9.97. The Bertz CT molecular complexity index is 1200. The Hall–Kier alpha value is -3.24. The molecule has 5 rings (SSSR count). The van der Waals surface area contributed by atoms with Gasteiger partial charge < -0.3 is 14.6 Å². The van der Waals surface area contributed by atoms with Crippen LogP contribution >= 0.6 is 11.6 Å². The summed E-state index contributed by atoms with van der Waals surface area (Å²) in [4.78, 5) is 9.33. The Balaban J connectivity index is 1.60. The summed E-state index contributed by atoms with van der Waals surface area (Å²) in [5.41, 5.74) is 6.11. The summed E-state index contributed by atoms with van der Waals surface area (Å²) in [5, 5.41) is 6.25. The number of halogens is 1. The Kier molecular flexibility index (Phi) is 4.49. The maximum absolute atomic E-state index is 6.02. The molecule has 29 heavy (non-hydrogen) atoms. The van der Waals surface area contributed by atoms with Crippen molar-refractivity contribution in [3.05, 3.63) is 89.1 Å². The van der Waals surface area contributed by atoms with Crippen molar-refractivity contribution in [3.8, 4) is 16.9 Å². The zero-order valence-corrected chi connectivity index (χ0v) is 16.6. The van der Waals surface area contributed by atoms with Crippen molar-refractivity contribution in [3.63, 3.8) is 0 Å². The Morgan fingerprint density at radius 2 is 1.79 bits per heavy atom. The molecule has 5 heteroatoms. The molecular formula is C24H19ClN2O2. The second-order valence-electron chi connectivity index (χ2n) is 7.01. The molecule has 0 radical (unpaired) electrons. The van der Waals surface area contributed by atoms with E-state index in [-0.39, 0.29) is 6.10 Å². The van der Waals surface area contributed by atoms with E-state index in [0.717, 1.165) is 44.7 Å². The summed E-state index contributed by atoms with van der Waals surface area (Å²) in [7, 11) is 1.68. The lowest BCUT2D eigenvalue weighted by molar-refractivity contribution is 0.0857. The fraction of sp³-hybridized carbons (Fsp3) is 0.125. The summed E-state index contributed by atoms with van der Waals surface area (Å²) in [6.07, 6.45) is 0.551. The normalized spacial score (nSPS) is 15.9. The number of fused-ring (bicyclic) bond motifs is 1. The molecule has 0 fully saturated rings. The molecule has 1 unspecified atom stereocenters. The zero-order chi connectivity index (χ0) is 19.8. The van der Waals surface area contributed by atoms with Gasteiger partial charge in [-0.15, -0.1) is 0 Å². The molecule has 2 heterocycles. The van der Waals surface area contributed by atoms with E-state index in [1.807, 2.05) is 54.6 Å². The molecule has 1 aliphatic heterocycles. The van der Waals surface area contributed by atoms with Crippen LogP contribution in [0.5, 0.6) is 5.75 Å². The summed E-state index contributed by atoms with van der Waals surface area (Å²) in [5.74, 6) is 0.805. The van der Waals surface area contributed by atoms with Gasteiger partial charge in [-0.3, -0.25) is 0 Å². The maximum Gasteiger partial charge on any atom is 0.158 e. The molecule has 1 atom stereocenters. The van der Waals surface area contributed by atoms with Crippen molar-refractivity contribution in [2.45, 2.75) is 12.5 Å². The number of para-hydroxylation sites is 1. The predicted molar refractivity (Wildman–Crippen MR) is 117 cm³/mol. The molecule has 1 N–H and O–H groups in total. The number of nitrogens with one attached hydrogen (secondary N) is 1. The Morgan fingerprint density at radius 1 is 1.00 bits per heavy atom. The third kappa shape index (κ3) is 3.15. The number of hydrogen-bond acceptors (Lipinski definition) is 3. The van der Waals surface area contributed by atoms with Crippen LogP contribution in [0.2, 0.25) is 5.02 Å². The monoisotopic (exact) mass is 402 g/mol. The average molecular weight is 403 g/mol. The number of rotatable bonds is 4. The van der Waals surface area contributed by atoms with Gasteiger partial charge in [-0.05, 0) is 29.3 Å². The molecule has 4 aromatic rings. The van der Waals surface area contributed by atoms with Gasteiger partial charge in [0.2, 0.25) is 0 Å². The van der Waals surface area contributed by atoms with Gasteiger partial charge in [-0.2, -0.15) is 0 Å². The highest BCUT2D eigenvalue weighted by Gasteiger charge is 2.28. The molecular weight excluding hydrogens is 384 g/mol. The van der Waals surface area contributed by atoms with Crippen LogP contribution in [0.4, 0.5) is 0 Å². The van der Waals surface area contributed by atoms with E-state index in [4.69, 9.17) is 21.2 Å². The third-order valence-corrected chi connectivity index (χ3v) is 5.53. The van der Waals surface area contributed by atoms with Crippen LogP contribution in [0, 0.1) is 0 Å². The molecule has 4 nitrogen and oxygen atoms in total. The van der Waals surface area contributed by atoms with Gasteiger partial charge in [-0.25, -0.2) is 0 Å². The summed E-state index contributed by atoms with van der Waals surface area (Å²) in [6, 6.07) is 24.1. The van der Waals surface area contributed by atoms with Crippen LogP contribution in [0.1, 0.15) is 23.8 Å². The van der Waals surface area contributed by atoms with Gasteiger partial charge in [0.15, 0.2) is 6.10 Å². The van der Waals surface area contributed by atoms with Crippen molar-refractivity contribution < 1.29 is 9.57 Å². The second kappa shape index (κ2) is 7.30. The number of benzene rings is 3. The smallest absolute Gasteiger partial charge is 0.158 e. The first-order valence-corrected chi connectivity index (χ1v) is 9.85. The van der Waals surface area contributed by atoms with E-state index in [1.165, 1.54) is 0 Å². The van der Waals surface area contributed by atoms with Crippen molar-refractivity contribution >= 4 is 28.2 Å². The topological polar surface area (TPSA) is 46.6 Å². The van der Waals surface area contributed by atoms with E-state index in [2.05, 4.69) is 28.3 Å². The molecule has 0 saturated carbocycles. The second-order valence-corrected chi connectivity index (χ2v) is 7.45. The molecule has 0 bridgehead atoms. The fourth-order valence-corrected chi connectivity index (χ4v) is 3.99. The molecule has 1 aliphatic rings. The van der Waals surface area contributed by atoms with Gasteiger partial charge >= 0.3 is 0 Å². The van der Waals surface area contributed by atoms with Crippen molar-refractivity contribution in [1.82, 2.24) is 4.98 Å². The minimum absolute atomic E-state index is 0.126. The summed E-state index contributed by atoms with van der Waals surface area (Å²) < 4.78 is 5.58. The third-order valence-electron chi connectivity index (χ3n) is 5.28. The van der Waals surface area contributed by atoms with Crippen LogP contribution in [-0.4, -0.2) is 17.8 Å². The lowest BCUT2D eigenvalue weighted by Crippen LogP contribution is -2.03. The molecule has 0 spiro atoms. The standard InChI is InChI=1S/C24H19ClN2O2/c1-28-20-9-5-8-18-22(16-6-3-2-4-7-16)24(26-23(18)20)19-14-21(29-27-19)15-10-12-17(25)13-11-15/h2-13,21,26H,14H2,1H3. The van der Waals surface area contributed by atoms with E-state index < -0.39 is 0 Å². The Morgan fingerprint density at radius 3 is 2.55 bits per heavy atom. The first-order valence-electron chi connectivity index (χ1n) is 9.47. The predicted octanol–water partition coefficient (Wildman–Crippen LogP) is 6.36. The zero-order valence-electron chi connectivity index (χ0n) is 15.9. The van der Waals surface area contributed by atoms with E-state index >= 15 is 0 Å². The molecule has 0 amide bonds. The fourth-order valence-electron chi connectivity index (χ4n) is 3.86. The summed E-state index contributed by atoms with van der Waals surface area (Å²) >= 11 is 6.02. The van der Waals surface area contributed by atoms with Gasteiger partial charge in [0.1, 0.15) is 11.5 Å². The van der Waals surface area contributed by atoms with Crippen LogP contribution in [0.3, 0.4) is 0 Å². The first kappa shape index (κ1) is 17.8. The number of oxime groups is 1. The van der Waals surface area contributed by atoms with Crippen molar-refractivity contribution in [2.24, 2.45) is 5.16 Å². The number of aromatic nitrogens is 1. The maximum atomic E-state index is 6.02. The van der Waals surface area contributed by atoms with Gasteiger partial charge in [0.05, 0.1) is 18.3 Å². The molecule has 0 saturated heterocycles. The minimum Gasteiger partial charge on any atom is -0.495 e. The van der Waals surface area contributed by atoms with Gasteiger partial charge in [0.25, 0.3) is 0 Å². The van der Waals surface area contributed by atoms with Crippen molar-refractivity contribution in [2.75, 3.05) is 7.11 Å². The molecule has 3 aromatic carbocycles. The molecule has 0 aliphatic carbocycles. The summed E-state index contributed by atoms with van der Waals surface area (Å²) in [6.45, 7) is 0. The highest BCUT2D eigenvalue weighted by atomic mass is 35.5. The van der Waals surface area contributed by atoms with Crippen LogP contribution in [0.25, 0.3) is 22.0 Å².